The van der Waals surface area contributed by atoms with Gasteiger partial charge in [0.1, 0.15) is 0 Å². The Labute approximate surface area is 116 Å². The molecule has 0 bridgehead atoms. The minimum Gasteiger partial charge on any atom is -0.481 e. The first-order chi connectivity index (χ1) is 9.11. The van der Waals surface area contributed by atoms with Crippen molar-refractivity contribution in [3.63, 3.8) is 0 Å². The molecule has 1 aromatic heterocycles. The molecule has 100 valence electrons. The number of benzene rings is 1. The number of rotatable bonds is 5. The van der Waals surface area contributed by atoms with E-state index in [9.17, 15) is 4.79 Å². The second-order valence-corrected chi connectivity index (χ2v) is 5.68. The Balaban J connectivity index is 2.45. The van der Waals surface area contributed by atoms with Crippen molar-refractivity contribution in [2.45, 2.75) is 32.6 Å². The second-order valence-electron chi connectivity index (χ2n) is 4.57. The van der Waals surface area contributed by atoms with E-state index in [1.807, 2.05) is 30.3 Å². The zero-order chi connectivity index (χ0) is 13.8. The van der Waals surface area contributed by atoms with Gasteiger partial charge >= 0.3 is 5.97 Å². The lowest BCUT2D eigenvalue weighted by Crippen LogP contribution is -1.99. The molecule has 1 aromatic carbocycles. The highest BCUT2D eigenvalue weighted by Crippen LogP contribution is 2.33. The van der Waals surface area contributed by atoms with Crippen molar-refractivity contribution >= 4 is 17.3 Å². The zero-order valence-corrected chi connectivity index (χ0v) is 11.9. The van der Waals surface area contributed by atoms with Crippen molar-refractivity contribution in [2.75, 3.05) is 0 Å². The number of hydrogen-bond donors (Lipinski definition) is 1. The summed E-state index contributed by atoms with van der Waals surface area (Å²) >= 11 is 1.52. The molecule has 1 atom stereocenters. The summed E-state index contributed by atoms with van der Waals surface area (Å²) in [7, 11) is 0. The SMILES string of the molecule is CCC(C)c1nc(-c2ccccc2)c(CC(=O)O)s1. The largest absolute Gasteiger partial charge is 0.481 e. The molecule has 4 heteroatoms. The third kappa shape index (κ3) is 3.20. The van der Waals surface area contributed by atoms with Crippen LogP contribution in [-0.2, 0) is 11.2 Å². The van der Waals surface area contributed by atoms with Crippen molar-refractivity contribution in [3.05, 3.63) is 40.2 Å². The summed E-state index contributed by atoms with van der Waals surface area (Å²) in [4.78, 5) is 16.5. The van der Waals surface area contributed by atoms with Crippen LogP contribution < -0.4 is 0 Å². The molecule has 0 fully saturated rings. The molecule has 0 aliphatic carbocycles. The maximum Gasteiger partial charge on any atom is 0.308 e. The van der Waals surface area contributed by atoms with Crippen LogP contribution in [0.2, 0.25) is 0 Å². The summed E-state index contributed by atoms with van der Waals surface area (Å²) in [6, 6.07) is 9.79. The molecule has 1 heterocycles. The smallest absolute Gasteiger partial charge is 0.308 e. The van der Waals surface area contributed by atoms with Gasteiger partial charge < -0.3 is 5.11 Å². The lowest BCUT2D eigenvalue weighted by Gasteiger charge is -2.02. The van der Waals surface area contributed by atoms with E-state index in [1.165, 1.54) is 11.3 Å². The third-order valence-electron chi connectivity index (χ3n) is 3.11. The Morgan fingerprint density at radius 1 is 1.37 bits per heavy atom. The van der Waals surface area contributed by atoms with Crippen LogP contribution in [-0.4, -0.2) is 16.1 Å². The molecule has 2 rings (SSSR count). The molecular formula is C15H17NO2S. The summed E-state index contributed by atoms with van der Waals surface area (Å²) < 4.78 is 0. The summed E-state index contributed by atoms with van der Waals surface area (Å²) in [5, 5.41) is 10.0. The van der Waals surface area contributed by atoms with E-state index >= 15 is 0 Å². The minimum absolute atomic E-state index is 0.0400. The van der Waals surface area contributed by atoms with E-state index in [0.717, 1.165) is 27.6 Å². The van der Waals surface area contributed by atoms with E-state index in [2.05, 4.69) is 18.8 Å². The molecule has 0 aliphatic rings. The monoisotopic (exact) mass is 275 g/mol. The average Bonchev–Trinajstić information content (AvgIpc) is 2.82. The van der Waals surface area contributed by atoms with Gasteiger partial charge in [-0.2, -0.15) is 0 Å². The van der Waals surface area contributed by atoms with Crippen molar-refractivity contribution in [1.82, 2.24) is 4.98 Å². The quantitative estimate of drug-likeness (QED) is 0.898. The van der Waals surface area contributed by atoms with Crippen molar-refractivity contribution < 1.29 is 9.90 Å². The standard InChI is InChI=1S/C15H17NO2S/c1-3-10(2)15-16-14(11-7-5-4-6-8-11)12(19-15)9-13(17)18/h4-8,10H,3,9H2,1-2H3,(H,17,18). The Bertz CT molecular complexity index is 563. The Kier molecular flexibility index (Phi) is 4.32. The first-order valence-corrected chi connectivity index (χ1v) is 7.20. The summed E-state index contributed by atoms with van der Waals surface area (Å²) in [5.41, 5.74) is 1.81. The first-order valence-electron chi connectivity index (χ1n) is 6.38. The third-order valence-corrected chi connectivity index (χ3v) is 4.39. The molecule has 0 saturated carbocycles. The van der Waals surface area contributed by atoms with Crippen LogP contribution in [0.1, 0.15) is 36.1 Å². The second kappa shape index (κ2) is 5.97. The number of hydrogen-bond acceptors (Lipinski definition) is 3. The van der Waals surface area contributed by atoms with Gasteiger partial charge in [0.25, 0.3) is 0 Å². The molecule has 0 aliphatic heterocycles. The number of thiazole rings is 1. The lowest BCUT2D eigenvalue weighted by molar-refractivity contribution is -0.136. The molecule has 1 N–H and O–H groups in total. The van der Waals surface area contributed by atoms with Crippen LogP contribution in [0.3, 0.4) is 0 Å². The number of aliphatic carboxylic acids is 1. The van der Waals surface area contributed by atoms with Gasteiger partial charge in [-0.05, 0) is 6.42 Å². The maximum absolute atomic E-state index is 11.0. The Hall–Kier alpha value is -1.68. The van der Waals surface area contributed by atoms with E-state index in [1.54, 1.807) is 0 Å². The summed E-state index contributed by atoms with van der Waals surface area (Å²) in [5.74, 6) is -0.438. The topological polar surface area (TPSA) is 50.2 Å². The van der Waals surface area contributed by atoms with Gasteiger partial charge in [-0.25, -0.2) is 4.98 Å². The Morgan fingerprint density at radius 2 is 2.05 bits per heavy atom. The molecule has 0 radical (unpaired) electrons. The van der Waals surface area contributed by atoms with Crippen LogP contribution in [0.15, 0.2) is 30.3 Å². The predicted molar refractivity (Wildman–Crippen MR) is 77.6 cm³/mol. The number of carboxylic acids is 1. The molecule has 0 amide bonds. The molecule has 0 saturated heterocycles. The molecule has 19 heavy (non-hydrogen) atoms. The molecule has 2 aromatic rings. The fourth-order valence-corrected chi connectivity index (χ4v) is 3.05. The minimum atomic E-state index is -0.809. The maximum atomic E-state index is 11.0. The van der Waals surface area contributed by atoms with Gasteiger partial charge in [-0.15, -0.1) is 11.3 Å². The lowest BCUT2D eigenvalue weighted by atomic mass is 10.1. The summed E-state index contributed by atoms with van der Waals surface area (Å²) in [6.45, 7) is 4.24. The van der Waals surface area contributed by atoms with E-state index < -0.39 is 5.97 Å². The van der Waals surface area contributed by atoms with Crippen LogP contribution in [0, 0.1) is 0 Å². The number of carbonyl (C=O) groups is 1. The van der Waals surface area contributed by atoms with Gasteiger partial charge in [0, 0.05) is 16.4 Å². The van der Waals surface area contributed by atoms with Crippen LogP contribution in [0.5, 0.6) is 0 Å². The summed E-state index contributed by atoms with van der Waals surface area (Å²) in [6.07, 6.45) is 1.05. The van der Waals surface area contributed by atoms with Crippen molar-refractivity contribution in [2.24, 2.45) is 0 Å². The van der Waals surface area contributed by atoms with Gasteiger partial charge in [0.05, 0.1) is 17.1 Å². The number of carboxylic acid groups (broad SMARTS) is 1. The molecule has 0 spiro atoms. The Morgan fingerprint density at radius 3 is 2.63 bits per heavy atom. The van der Waals surface area contributed by atoms with Gasteiger partial charge in [-0.1, -0.05) is 44.2 Å². The van der Waals surface area contributed by atoms with E-state index in [0.29, 0.717) is 5.92 Å². The molecule has 3 nitrogen and oxygen atoms in total. The normalized spacial score (nSPS) is 12.3. The fraction of sp³-hybridized carbons (Fsp3) is 0.333. The highest BCUT2D eigenvalue weighted by atomic mass is 32.1. The van der Waals surface area contributed by atoms with Crippen LogP contribution in [0.4, 0.5) is 0 Å². The number of aromatic nitrogens is 1. The van der Waals surface area contributed by atoms with E-state index in [4.69, 9.17) is 5.11 Å². The van der Waals surface area contributed by atoms with Crippen LogP contribution in [0.25, 0.3) is 11.3 Å². The van der Waals surface area contributed by atoms with Gasteiger partial charge in [0.2, 0.25) is 0 Å². The fourth-order valence-electron chi connectivity index (χ4n) is 1.83. The average molecular weight is 275 g/mol. The highest BCUT2D eigenvalue weighted by Gasteiger charge is 2.17. The van der Waals surface area contributed by atoms with Gasteiger partial charge in [-0.3, -0.25) is 4.79 Å². The first kappa shape index (κ1) is 13.7. The van der Waals surface area contributed by atoms with Crippen LogP contribution >= 0.6 is 11.3 Å². The predicted octanol–water partition coefficient (Wildman–Crippen LogP) is 3.95. The van der Waals surface area contributed by atoms with Gasteiger partial charge in [0.15, 0.2) is 0 Å². The molecular weight excluding hydrogens is 258 g/mol. The zero-order valence-electron chi connectivity index (χ0n) is 11.1. The van der Waals surface area contributed by atoms with Crippen molar-refractivity contribution in [1.29, 1.82) is 0 Å². The highest BCUT2D eigenvalue weighted by molar-refractivity contribution is 7.12. The molecule has 1 unspecified atom stereocenters. The van der Waals surface area contributed by atoms with E-state index in [-0.39, 0.29) is 6.42 Å². The van der Waals surface area contributed by atoms with Crippen molar-refractivity contribution in [3.8, 4) is 11.3 Å². The number of nitrogens with zero attached hydrogens (tertiary/aromatic N) is 1.